The molecule has 0 fully saturated rings. The molecule has 2 aromatic carbocycles. The van der Waals surface area contributed by atoms with E-state index in [0.717, 1.165) is 15.7 Å². The highest BCUT2D eigenvalue weighted by atomic mass is 79.9. The summed E-state index contributed by atoms with van der Waals surface area (Å²) in [6, 6.07) is 11.0. The minimum Gasteiger partial charge on any atom is -0.381 e. The third kappa shape index (κ3) is 3.33. The Morgan fingerprint density at radius 3 is 2.39 bits per heavy atom. The summed E-state index contributed by atoms with van der Waals surface area (Å²) < 4.78 is 14.1. The fourth-order valence-corrected chi connectivity index (χ4v) is 2.34. The molecule has 0 atom stereocenters. The van der Waals surface area contributed by atoms with Gasteiger partial charge in [0.15, 0.2) is 0 Å². The summed E-state index contributed by atoms with van der Waals surface area (Å²) >= 11 is 3.43. The van der Waals surface area contributed by atoms with E-state index in [9.17, 15) is 4.39 Å². The minimum absolute atomic E-state index is 0.213. The van der Waals surface area contributed by atoms with Crippen molar-refractivity contribution in [3.05, 3.63) is 63.4 Å². The Kier molecular flexibility index (Phi) is 4.02. The molecule has 94 valence electrons. The van der Waals surface area contributed by atoms with Crippen LogP contribution in [0.1, 0.15) is 16.7 Å². The van der Waals surface area contributed by atoms with Crippen LogP contribution in [0.3, 0.4) is 0 Å². The fourth-order valence-electron chi connectivity index (χ4n) is 1.95. The van der Waals surface area contributed by atoms with Gasteiger partial charge in [-0.15, -0.1) is 0 Å². The molecule has 0 saturated carbocycles. The number of halogens is 2. The maximum absolute atomic E-state index is 13.2. The van der Waals surface area contributed by atoms with Crippen LogP contribution < -0.4 is 5.32 Å². The lowest BCUT2D eigenvalue weighted by Crippen LogP contribution is -2.01. The SMILES string of the molecule is Cc1cc(C)cc(NCc2cc(F)ccc2Br)c1. The maximum atomic E-state index is 13.2. The van der Waals surface area contributed by atoms with Crippen LogP contribution in [0.5, 0.6) is 0 Å². The Labute approximate surface area is 115 Å². The van der Waals surface area contributed by atoms with Gasteiger partial charge in [0.05, 0.1) is 0 Å². The maximum Gasteiger partial charge on any atom is 0.123 e. The molecule has 0 aromatic heterocycles. The number of aryl methyl sites for hydroxylation is 2. The number of nitrogens with one attached hydrogen (secondary N) is 1. The molecule has 0 heterocycles. The molecule has 0 unspecified atom stereocenters. The minimum atomic E-state index is -0.213. The van der Waals surface area contributed by atoms with Crippen molar-refractivity contribution in [2.75, 3.05) is 5.32 Å². The van der Waals surface area contributed by atoms with Gasteiger partial charge in [0, 0.05) is 16.7 Å². The number of rotatable bonds is 3. The van der Waals surface area contributed by atoms with E-state index in [-0.39, 0.29) is 5.82 Å². The summed E-state index contributed by atoms with van der Waals surface area (Å²) in [6.07, 6.45) is 0. The predicted octanol–water partition coefficient (Wildman–Crippen LogP) is 4.82. The zero-order chi connectivity index (χ0) is 13.1. The van der Waals surface area contributed by atoms with Gasteiger partial charge in [-0.25, -0.2) is 4.39 Å². The van der Waals surface area contributed by atoms with Crippen molar-refractivity contribution in [2.45, 2.75) is 20.4 Å². The average molecular weight is 308 g/mol. The smallest absolute Gasteiger partial charge is 0.123 e. The second kappa shape index (κ2) is 5.53. The van der Waals surface area contributed by atoms with E-state index in [2.05, 4.69) is 53.3 Å². The molecule has 1 N–H and O–H groups in total. The summed E-state index contributed by atoms with van der Waals surface area (Å²) in [5.41, 5.74) is 4.41. The molecule has 0 aliphatic carbocycles. The molecular weight excluding hydrogens is 293 g/mol. The van der Waals surface area contributed by atoms with Gasteiger partial charge in [-0.05, 0) is 60.9 Å². The second-order valence-corrected chi connectivity index (χ2v) is 5.32. The van der Waals surface area contributed by atoms with Crippen molar-refractivity contribution in [3.8, 4) is 0 Å². The molecule has 2 aromatic rings. The Morgan fingerprint density at radius 1 is 1.06 bits per heavy atom. The van der Waals surface area contributed by atoms with Gasteiger partial charge in [0.2, 0.25) is 0 Å². The van der Waals surface area contributed by atoms with Crippen LogP contribution in [-0.2, 0) is 6.54 Å². The highest BCUT2D eigenvalue weighted by Crippen LogP contribution is 2.20. The molecule has 0 aliphatic rings. The standard InChI is InChI=1S/C15H15BrFN/c1-10-5-11(2)7-14(6-10)18-9-12-8-13(17)3-4-15(12)16/h3-8,18H,9H2,1-2H3. The normalized spacial score (nSPS) is 10.4. The van der Waals surface area contributed by atoms with Gasteiger partial charge >= 0.3 is 0 Å². The van der Waals surface area contributed by atoms with Crippen LogP contribution in [0.2, 0.25) is 0 Å². The lowest BCUT2D eigenvalue weighted by atomic mass is 10.1. The predicted molar refractivity (Wildman–Crippen MR) is 77.3 cm³/mol. The molecule has 3 heteroatoms. The largest absolute Gasteiger partial charge is 0.381 e. The first kappa shape index (κ1) is 13.1. The van der Waals surface area contributed by atoms with E-state index in [0.29, 0.717) is 6.54 Å². The van der Waals surface area contributed by atoms with Crippen molar-refractivity contribution >= 4 is 21.6 Å². The zero-order valence-corrected chi connectivity index (χ0v) is 12.0. The summed E-state index contributed by atoms with van der Waals surface area (Å²) in [4.78, 5) is 0. The summed E-state index contributed by atoms with van der Waals surface area (Å²) in [7, 11) is 0. The number of hydrogen-bond acceptors (Lipinski definition) is 1. The van der Waals surface area contributed by atoms with Gasteiger partial charge in [-0.3, -0.25) is 0 Å². The Bertz CT molecular complexity index is 546. The molecule has 0 spiro atoms. The van der Waals surface area contributed by atoms with E-state index in [1.54, 1.807) is 12.1 Å². The lowest BCUT2D eigenvalue weighted by Gasteiger charge is -2.10. The quantitative estimate of drug-likeness (QED) is 0.857. The summed E-state index contributed by atoms with van der Waals surface area (Å²) in [5, 5.41) is 3.31. The van der Waals surface area contributed by atoms with E-state index in [1.807, 2.05) is 0 Å². The van der Waals surface area contributed by atoms with Gasteiger partial charge in [-0.2, -0.15) is 0 Å². The topological polar surface area (TPSA) is 12.0 Å². The van der Waals surface area contributed by atoms with Crippen LogP contribution in [0, 0.1) is 19.7 Å². The van der Waals surface area contributed by atoms with Crippen LogP contribution >= 0.6 is 15.9 Å². The van der Waals surface area contributed by atoms with E-state index in [4.69, 9.17) is 0 Å². The number of anilines is 1. The Balaban J connectivity index is 2.13. The lowest BCUT2D eigenvalue weighted by molar-refractivity contribution is 0.625. The summed E-state index contributed by atoms with van der Waals surface area (Å²) in [6.45, 7) is 4.73. The van der Waals surface area contributed by atoms with E-state index in [1.165, 1.54) is 17.2 Å². The number of hydrogen-bond donors (Lipinski definition) is 1. The van der Waals surface area contributed by atoms with Crippen molar-refractivity contribution in [1.29, 1.82) is 0 Å². The molecule has 0 radical (unpaired) electrons. The van der Waals surface area contributed by atoms with Crippen molar-refractivity contribution < 1.29 is 4.39 Å². The first-order valence-electron chi connectivity index (χ1n) is 5.81. The van der Waals surface area contributed by atoms with Gasteiger partial charge < -0.3 is 5.32 Å². The molecular formula is C15H15BrFN. The van der Waals surface area contributed by atoms with Crippen molar-refractivity contribution in [3.63, 3.8) is 0 Å². The monoisotopic (exact) mass is 307 g/mol. The molecule has 2 rings (SSSR count). The molecule has 0 saturated heterocycles. The summed E-state index contributed by atoms with van der Waals surface area (Å²) in [5.74, 6) is -0.213. The molecule has 0 aliphatic heterocycles. The second-order valence-electron chi connectivity index (χ2n) is 4.47. The Morgan fingerprint density at radius 2 is 1.72 bits per heavy atom. The number of benzene rings is 2. The van der Waals surface area contributed by atoms with Crippen LogP contribution in [0.15, 0.2) is 40.9 Å². The van der Waals surface area contributed by atoms with E-state index >= 15 is 0 Å². The van der Waals surface area contributed by atoms with Gasteiger partial charge in [0.1, 0.15) is 5.82 Å². The average Bonchev–Trinajstić information content (AvgIpc) is 2.29. The first-order chi connectivity index (χ1) is 8.54. The molecule has 1 nitrogen and oxygen atoms in total. The van der Waals surface area contributed by atoms with Crippen LogP contribution in [0.4, 0.5) is 10.1 Å². The molecule has 0 amide bonds. The first-order valence-corrected chi connectivity index (χ1v) is 6.60. The van der Waals surface area contributed by atoms with Gasteiger partial charge in [0.25, 0.3) is 0 Å². The Hall–Kier alpha value is -1.35. The highest BCUT2D eigenvalue weighted by molar-refractivity contribution is 9.10. The van der Waals surface area contributed by atoms with Gasteiger partial charge in [-0.1, -0.05) is 22.0 Å². The highest BCUT2D eigenvalue weighted by Gasteiger charge is 2.02. The van der Waals surface area contributed by atoms with Crippen LogP contribution in [-0.4, -0.2) is 0 Å². The molecule has 18 heavy (non-hydrogen) atoms. The van der Waals surface area contributed by atoms with Crippen molar-refractivity contribution in [1.82, 2.24) is 0 Å². The van der Waals surface area contributed by atoms with E-state index < -0.39 is 0 Å². The molecule has 0 bridgehead atoms. The third-order valence-corrected chi connectivity index (χ3v) is 3.49. The van der Waals surface area contributed by atoms with Crippen molar-refractivity contribution in [2.24, 2.45) is 0 Å². The zero-order valence-electron chi connectivity index (χ0n) is 10.4. The fraction of sp³-hybridized carbons (Fsp3) is 0.200. The third-order valence-electron chi connectivity index (χ3n) is 2.71. The van der Waals surface area contributed by atoms with Crippen LogP contribution in [0.25, 0.3) is 0 Å².